The predicted octanol–water partition coefficient (Wildman–Crippen LogP) is 1.15. The molecule has 66 valence electrons. The zero-order valence-electron chi connectivity index (χ0n) is 7.50. The van der Waals surface area contributed by atoms with Gasteiger partial charge in [-0.2, -0.15) is 0 Å². The van der Waals surface area contributed by atoms with Crippen molar-refractivity contribution in [3.05, 3.63) is 11.6 Å². The van der Waals surface area contributed by atoms with Crippen molar-refractivity contribution in [2.75, 3.05) is 6.61 Å². The van der Waals surface area contributed by atoms with Crippen molar-refractivity contribution < 1.29 is 9.90 Å². The molecule has 2 aliphatic rings. The molecule has 0 heterocycles. The lowest BCUT2D eigenvalue weighted by Crippen LogP contribution is -2.18. The molecule has 2 atom stereocenters. The number of allylic oxidation sites excluding steroid dienone is 1. The van der Waals surface area contributed by atoms with Crippen LogP contribution in [0.25, 0.3) is 0 Å². The maximum absolute atomic E-state index is 11.6. The third-order valence-electron chi connectivity index (χ3n) is 3.44. The Balaban J connectivity index is 2.27. The molecular weight excluding hydrogens is 152 g/mol. The quantitative estimate of drug-likeness (QED) is 0.668. The van der Waals surface area contributed by atoms with E-state index in [-0.39, 0.29) is 17.8 Å². The third kappa shape index (κ3) is 0.712. The fourth-order valence-electron chi connectivity index (χ4n) is 2.49. The summed E-state index contributed by atoms with van der Waals surface area (Å²) in [6.45, 7) is 4.24. The van der Waals surface area contributed by atoms with Gasteiger partial charge in [0.1, 0.15) is 0 Å². The van der Waals surface area contributed by atoms with Crippen molar-refractivity contribution in [1.29, 1.82) is 0 Å². The number of carbonyl (C=O) groups is 1. The maximum Gasteiger partial charge on any atom is 0.162 e. The van der Waals surface area contributed by atoms with Crippen molar-refractivity contribution in [3.63, 3.8) is 0 Å². The Morgan fingerprint density at radius 2 is 2.42 bits per heavy atom. The van der Waals surface area contributed by atoms with E-state index in [1.54, 1.807) is 6.08 Å². The monoisotopic (exact) mass is 166 g/mol. The third-order valence-corrected chi connectivity index (χ3v) is 3.44. The van der Waals surface area contributed by atoms with Gasteiger partial charge in [-0.3, -0.25) is 4.79 Å². The summed E-state index contributed by atoms with van der Waals surface area (Å²) >= 11 is 0. The number of hydrogen-bond acceptors (Lipinski definition) is 2. The van der Waals surface area contributed by atoms with Crippen molar-refractivity contribution >= 4 is 5.78 Å². The number of fused-ring (bicyclic) bond motifs is 1. The summed E-state index contributed by atoms with van der Waals surface area (Å²) in [5.41, 5.74) is 0.853. The topological polar surface area (TPSA) is 37.3 Å². The maximum atomic E-state index is 11.6. The van der Waals surface area contributed by atoms with Crippen LogP contribution in [-0.2, 0) is 4.79 Å². The van der Waals surface area contributed by atoms with Crippen molar-refractivity contribution in [1.82, 2.24) is 0 Å². The Labute approximate surface area is 72.3 Å². The van der Waals surface area contributed by atoms with E-state index in [1.807, 2.05) is 0 Å². The first-order valence-corrected chi connectivity index (χ1v) is 4.48. The molecule has 0 amide bonds. The Bertz CT molecular complexity index is 265. The minimum atomic E-state index is -0.0991. The highest BCUT2D eigenvalue weighted by Gasteiger charge is 2.64. The van der Waals surface area contributed by atoms with Gasteiger partial charge >= 0.3 is 0 Å². The van der Waals surface area contributed by atoms with Crippen LogP contribution in [0.15, 0.2) is 11.6 Å². The first kappa shape index (κ1) is 7.99. The average molecular weight is 166 g/mol. The zero-order chi connectivity index (χ0) is 8.93. The molecule has 12 heavy (non-hydrogen) atoms. The fraction of sp³-hybridized carbons (Fsp3) is 0.700. The molecule has 0 unspecified atom stereocenters. The largest absolute Gasteiger partial charge is 0.392 e. The molecule has 0 radical (unpaired) electrons. The molecule has 0 spiro atoms. The van der Waals surface area contributed by atoms with Crippen LogP contribution in [-0.4, -0.2) is 17.5 Å². The van der Waals surface area contributed by atoms with Gasteiger partial charge in [-0.15, -0.1) is 0 Å². The molecule has 2 rings (SSSR count). The Hall–Kier alpha value is -0.630. The van der Waals surface area contributed by atoms with Gasteiger partial charge in [-0.05, 0) is 29.9 Å². The molecule has 2 aliphatic carbocycles. The SMILES string of the molecule is CC(C)[C@@]12C[C@@H]1C(CO)=CC2=O. The fourth-order valence-corrected chi connectivity index (χ4v) is 2.49. The summed E-state index contributed by atoms with van der Waals surface area (Å²) < 4.78 is 0. The van der Waals surface area contributed by atoms with Crippen LogP contribution in [0.5, 0.6) is 0 Å². The number of hydrogen-bond donors (Lipinski definition) is 1. The van der Waals surface area contributed by atoms with Crippen LogP contribution in [0.1, 0.15) is 20.3 Å². The summed E-state index contributed by atoms with van der Waals surface area (Å²) in [5.74, 6) is 1.02. The minimum Gasteiger partial charge on any atom is -0.392 e. The summed E-state index contributed by atoms with van der Waals surface area (Å²) in [7, 11) is 0. The van der Waals surface area contributed by atoms with E-state index in [9.17, 15) is 4.79 Å². The number of aliphatic hydroxyl groups excluding tert-OH is 1. The highest BCUT2D eigenvalue weighted by molar-refractivity contribution is 6.02. The highest BCUT2D eigenvalue weighted by Crippen LogP contribution is 2.65. The van der Waals surface area contributed by atoms with Gasteiger partial charge in [0, 0.05) is 5.41 Å². The van der Waals surface area contributed by atoms with Crippen LogP contribution in [0, 0.1) is 17.3 Å². The summed E-state index contributed by atoms with van der Waals surface area (Å²) in [4.78, 5) is 11.6. The van der Waals surface area contributed by atoms with E-state index in [4.69, 9.17) is 5.11 Å². The second-order valence-electron chi connectivity index (χ2n) is 4.19. The second kappa shape index (κ2) is 2.19. The number of rotatable bonds is 2. The highest BCUT2D eigenvalue weighted by atomic mass is 16.3. The Kier molecular flexibility index (Phi) is 1.46. The van der Waals surface area contributed by atoms with Crippen molar-refractivity contribution in [3.8, 4) is 0 Å². The number of ketones is 1. The molecule has 0 aliphatic heterocycles. The van der Waals surface area contributed by atoms with E-state index in [0.29, 0.717) is 11.8 Å². The zero-order valence-corrected chi connectivity index (χ0v) is 7.50. The van der Waals surface area contributed by atoms with Gasteiger partial charge in [0.2, 0.25) is 0 Å². The summed E-state index contributed by atoms with van der Waals surface area (Å²) in [5, 5.41) is 8.96. The number of carbonyl (C=O) groups excluding carboxylic acids is 1. The van der Waals surface area contributed by atoms with Gasteiger partial charge in [-0.25, -0.2) is 0 Å². The van der Waals surface area contributed by atoms with Gasteiger partial charge in [-0.1, -0.05) is 13.8 Å². The molecule has 0 aromatic heterocycles. The minimum absolute atomic E-state index is 0.0604. The number of aliphatic hydroxyl groups is 1. The summed E-state index contributed by atoms with van der Waals surface area (Å²) in [6, 6.07) is 0. The first-order chi connectivity index (χ1) is 5.63. The smallest absolute Gasteiger partial charge is 0.162 e. The van der Waals surface area contributed by atoms with Gasteiger partial charge in [0.05, 0.1) is 6.61 Å². The van der Waals surface area contributed by atoms with Crippen molar-refractivity contribution in [2.45, 2.75) is 20.3 Å². The van der Waals surface area contributed by atoms with E-state index < -0.39 is 0 Å². The molecule has 0 aromatic carbocycles. The van der Waals surface area contributed by atoms with E-state index >= 15 is 0 Å². The van der Waals surface area contributed by atoms with Gasteiger partial charge in [0.15, 0.2) is 5.78 Å². The van der Waals surface area contributed by atoms with Crippen LogP contribution < -0.4 is 0 Å². The molecule has 1 saturated carbocycles. The Morgan fingerprint density at radius 3 is 2.67 bits per heavy atom. The Morgan fingerprint density at radius 1 is 1.75 bits per heavy atom. The van der Waals surface area contributed by atoms with E-state index in [0.717, 1.165) is 12.0 Å². The first-order valence-electron chi connectivity index (χ1n) is 4.48. The van der Waals surface area contributed by atoms with Crippen molar-refractivity contribution in [2.24, 2.45) is 17.3 Å². The van der Waals surface area contributed by atoms with Crippen LogP contribution in [0.2, 0.25) is 0 Å². The summed E-state index contributed by atoms with van der Waals surface area (Å²) in [6.07, 6.45) is 2.62. The van der Waals surface area contributed by atoms with Crippen LogP contribution in [0.4, 0.5) is 0 Å². The van der Waals surface area contributed by atoms with Gasteiger partial charge in [0.25, 0.3) is 0 Å². The molecule has 0 saturated heterocycles. The average Bonchev–Trinajstić information content (AvgIpc) is 2.70. The van der Waals surface area contributed by atoms with E-state index in [2.05, 4.69) is 13.8 Å². The van der Waals surface area contributed by atoms with Crippen LogP contribution in [0.3, 0.4) is 0 Å². The molecule has 1 N–H and O–H groups in total. The predicted molar refractivity (Wildman–Crippen MR) is 45.6 cm³/mol. The molecule has 2 heteroatoms. The van der Waals surface area contributed by atoms with E-state index in [1.165, 1.54) is 0 Å². The molecule has 1 fully saturated rings. The lowest BCUT2D eigenvalue weighted by Gasteiger charge is -2.14. The molecule has 0 bridgehead atoms. The van der Waals surface area contributed by atoms with Gasteiger partial charge < -0.3 is 5.11 Å². The second-order valence-corrected chi connectivity index (χ2v) is 4.19. The molecule has 2 nitrogen and oxygen atoms in total. The lowest BCUT2D eigenvalue weighted by atomic mass is 9.88. The molecular formula is C10H14O2. The lowest BCUT2D eigenvalue weighted by molar-refractivity contribution is -0.120. The van der Waals surface area contributed by atoms with Crippen LogP contribution >= 0.6 is 0 Å². The normalized spacial score (nSPS) is 38.5. The molecule has 0 aromatic rings. The standard InChI is InChI=1S/C10H14O2/c1-6(2)10-4-8(10)7(5-11)3-9(10)12/h3,6,8,11H,4-5H2,1-2H3/t8-,10+/m1/s1.